The van der Waals surface area contributed by atoms with E-state index in [1.807, 2.05) is 26.0 Å². The van der Waals surface area contributed by atoms with Gasteiger partial charge in [0.05, 0.1) is 0 Å². The third-order valence-electron chi connectivity index (χ3n) is 4.00. The monoisotopic (exact) mass is 260 g/mol. The Morgan fingerprint density at radius 3 is 2.95 bits per heavy atom. The number of amides is 1. The average Bonchev–Trinajstić information content (AvgIpc) is 2.37. The highest BCUT2D eigenvalue weighted by Crippen LogP contribution is 2.20. The Bertz CT molecular complexity index is 456. The van der Waals surface area contributed by atoms with Crippen LogP contribution < -0.4 is 10.6 Å². The molecule has 0 spiro atoms. The van der Waals surface area contributed by atoms with Crippen molar-refractivity contribution in [2.45, 2.75) is 46.1 Å². The summed E-state index contributed by atoms with van der Waals surface area (Å²) in [5.41, 5.74) is 3.22. The van der Waals surface area contributed by atoms with Gasteiger partial charge in [0, 0.05) is 18.2 Å². The molecule has 1 amide bonds. The number of rotatable bonds is 3. The Morgan fingerprint density at radius 2 is 2.21 bits per heavy atom. The lowest BCUT2D eigenvalue weighted by atomic mass is 9.90. The van der Waals surface area contributed by atoms with Gasteiger partial charge in [0.1, 0.15) is 0 Å². The predicted molar refractivity (Wildman–Crippen MR) is 79.4 cm³/mol. The van der Waals surface area contributed by atoms with E-state index in [2.05, 4.69) is 23.6 Å². The molecular formula is C16H24N2O. The minimum atomic E-state index is 0.111. The molecule has 2 unspecified atom stereocenters. The van der Waals surface area contributed by atoms with Gasteiger partial charge in [-0.1, -0.05) is 19.1 Å². The van der Waals surface area contributed by atoms with Crippen LogP contribution in [0.1, 0.15) is 37.3 Å². The molecule has 3 heteroatoms. The second-order valence-electron chi connectivity index (χ2n) is 5.75. The molecule has 1 aromatic carbocycles. The van der Waals surface area contributed by atoms with Gasteiger partial charge >= 0.3 is 0 Å². The molecule has 104 valence electrons. The maximum atomic E-state index is 12.1. The molecule has 0 radical (unpaired) electrons. The van der Waals surface area contributed by atoms with Gasteiger partial charge in [0.15, 0.2) is 0 Å². The first kappa shape index (κ1) is 14.1. The lowest BCUT2D eigenvalue weighted by Crippen LogP contribution is -2.42. The first-order valence-corrected chi connectivity index (χ1v) is 7.17. The molecule has 1 aromatic rings. The summed E-state index contributed by atoms with van der Waals surface area (Å²) in [6, 6.07) is 6.46. The summed E-state index contributed by atoms with van der Waals surface area (Å²) in [7, 11) is 0. The molecule has 1 aliphatic heterocycles. The van der Waals surface area contributed by atoms with Crippen molar-refractivity contribution in [3.63, 3.8) is 0 Å². The standard InChI is InChI=1S/C16H24N2O/c1-11-6-7-13(3)15(9-11)18-16(19)10-14-12(2)5-4-8-17-14/h6-7,9,12,14,17H,4-5,8,10H2,1-3H3,(H,18,19). The van der Waals surface area contributed by atoms with Crippen LogP contribution in [0.4, 0.5) is 5.69 Å². The molecular weight excluding hydrogens is 236 g/mol. The van der Waals surface area contributed by atoms with E-state index in [9.17, 15) is 4.79 Å². The first-order chi connectivity index (χ1) is 9.06. The van der Waals surface area contributed by atoms with E-state index in [1.165, 1.54) is 18.4 Å². The van der Waals surface area contributed by atoms with E-state index in [0.717, 1.165) is 17.8 Å². The topological polar surface area (TPSA) is 41.1 Å². The van der Waals surface area contributed by atoms with Crippen molar-refractivity contribution in [3.05, 3.63) is 29.3 Å². The normalized spacial score (nSPS) is 23.1. The van der Waals surface area contributed by atoms with Crippen molar-refractivity contribution in [3.8, 4) is 0 Å². The van der Waals surface area contributed by atoms with Crippen LogP contribution in [0, 0.1) is 19.8 Å². The van der Waals surface area contributed by atoms with Crippen molar-refractivity contribution in [1.82, 2.24) is 5.32 Å². The lowest BCUT2D eigenvalue weighted by molar-refractivity contribution is -0.117. The molecule has 1 heterocycles. The fraction of sp³-hybridized carbons (Fsp3) is 0.562. The van der Waals surface area contributed by atoms with Crippen LogP contribution in [0.5, 0.6) is 0 Å². The summed E-state index contributed by atoms with van der Waals surface area (Å²) in [5, 5.41) is 6.49. The average molecular weight is 260 g/mol. The molecule has 3 nitrogen and oxygen atoms in total. The van der Waals surface area contributed by atoms with E-state index in [1.54, 1.807) is 0 Å². The second-order valence-corrected chi connectivity index (χ2v) is 5.75. The van der Waals surface area contributed by atoms with Crippen LogP contribution in [0.3, 0.4) is 0 Å². The summed E-state index contributed by atoms with van der Waals surface area (Å²) in [4.78, 5) is 12.1. The summed E-state index contributed by atoms with van der Waals surface area (Å²) in [6.07, 6.45) is 3.00. The smallest absolute Gasteiger partial charge is 0.225 e. The zero-order valence-electron chi connectivity index (χ0n) is 12.1. The van der Waals surface area contributed by atoms with Crippen molar-refractivity contribution in [1.29, 1.82) is 0 Å². The van der Waals surface area contributed by atoms with Gasteiger partial charge in [-0.3, -0.25) is 4.79 Å². The number of anilines is 1. The molecule has 0 aliphatic carbocycles. The molecule has 2 atom stereocenters. The van der Waals surface area contributed by atoms with Crippen LogP contribution in [-0.2, 0) is 4.79 Å². The molecule has 0 bridgehead atoms. The number of hydrogen-bond donors (Lipinski definition) is 2. The Kier molecular flexibility index (Phi) is 4.59. The zero-order chi connectivity index (χ0) is 13.8. The number of hydrogen-bond acceptors (Lipinski definition) is 2. The Morgan fingerprint density at radius 1 is 1.42 bits per heavy atom. The van der Waals surface area contributed by atoms with Crippen molar-refractivity contribution in [2.75, 3.05) is 11.9 Å². The highest BCUT2D eigenvalue weighted by Gasteiger charge is 2.23. The molecule has 2 N–H and O–H groups in total. The molecule has 2 rings (SSSR count). The second kappa shape index (κ2) is 6.20. The molecule has 0 aromatic heterocycles. The number of nitrogens with one attached hydrogen (secondary N) is 2. The fourth-order valence-corrected chi connectivity index (χ4v) is 2.66. The van der Waals surface area contributed by atoms with Crippen LogP contribution in [0.15, 0.2) is 18.2 Å². The Balaban J connectivity index is 1.95. The summed E-state index contributed by atoms with van der Waals surface area (Å²) in [5.74, 6) is 0.693. The Hall–Kier alpha value is -1.35. The van der Waals surface area contributed by atoms with E-state index in [-0.39, 0.29) is 5.91 Å². The van der Waals surface area contributed by atoms with Crippen molar-refractivity contribution in [2.24, 2.45) is 5.92 Å². The lowest BCUT2D eigenvalue weighted by Gasteiger charge is -2.29. The third-order valence-corrected chi connectivity index (χ3v) is 4.00. The van der Waals surface area contributed by atoms with Crippen LogP contribution in [0.25, 0.3) is 0 Å². The number of piperidine rings is 1. The van der Waals surface area contributed by atoms with E-state index in [0.29, 0.717) is 18.4 Å². The van der Waals surface area contributed by atoms with E-state index < -0.39 is 0 Å². The van der Waals surface area contributed by atoms with Gasteiger partial charge in [-0.15, -0.1) is 0 Å². The maximum Gasteiger partial charge on any atom is 0.225 e. The van der Waals surface area contributed by atoms with E-state index in [4.69, 9.17) is 0 Å². The van der Waals surface area contributed by atoms with Gasteiger partial charge in [-0.05, 0) is 56.3 Å². The minimum absolute atomic E-state index is 0.111. The maximum absolute atomic E-state index is 12.1. The van der Waals surface area contributed by atoms with Gasteiger partial charge in [-0.2, -0.15) is 0 Å². The van der Waals surface area contributed by atoms with Gasteiger partial charge in [0.25, 0.3) is 0 Å². The highest BCUT2D eigenvalue weighted by molar-refractivity contribution is 5.92. The third kappa shape index (κ3) is 3.80. The number of aryl methyl sites for hydroxylation is 2. The quantitative estimate of drug-likeness (QED) is 0.877. The number of carbonyl (C=O) groups is 1. The number of benzene rings is 1. The zero-order valence-corrected chi connectivity index (χ0v) is 12.1. The van der Waals surface area contributed by atoms with Crippen LogP contribution in [-0.4, -0.2) is 18.5 Å². The number of carbonyl (C=O) groups excluding carboxylic acids is 1. The van der Waals surface area contributed by atoms with E-state index >= 15 is 0 Å². The van der Waals surface area contributed by atoms with Crippen LogP contribution >= 0.6 is 0 Å². The summed E-state index contributed by atoms with van der Waals surface area (Å²) >= 11 is 0. The fourth-order valence-electron chi connectivity index (χ4n) is 2.66. The largest absolute Gasteiger partial charge is 0.326 e. The Labute approximate surface area is 115 Å². The molecule has 1 fully saturated rings. The first-order valence-electron chi connectivity index (χ1n) is 7.17. The predicted octanol–water partition coefficient (Wildman–Crippen LogP) is 3.02. The van der Waals surface area contributed by atoms with Gasteiger partial charge < -0.3 is 10.6 Å². The highest BCUT2D eigenvalue weighted by atomic mass is 16.1. The molecule has 1 aliphatic rings. The van der Waals surface area contributed by atoms with Gasteiger partial charge in [0.2, 0.25) is 5.91 Å². The summed E-state index contributed by atoms with van der Waals surface area (Å²) in [6.45, 7) is 7.32. The van der Waals surface area contributed by atoms with Crippen molar-refractivity contribution < 1.29 is 4.79 Å². The molecule has 0 saturated carbocycles. The molecule has 1 saturated heterocycles. The van der Waals surface area contributed by atoms with Crippen LogP contribution in [0.2, 0.25) is 0 Å². The summed E-state index contributed by atoms with van der Waals surface area (Å²) < 4.78 is 0. The SMILES string of the molecule is Cc1ccc(C)c(NC(=O)CC2NCCCC2C)c1. The van der Waals surface area contributed by atoms with Crippen molar-refractivity contribution >= 4 is 11.6 Å². The minimum Gasteiger partial charge on any atom is -0.326 e. The van der Waals surface area contributed by atoms with Gasteiger partial charge in [-0.25, -0.2) is 0 Å². The molecule has 19 heavy (non-hydrogen) atoms.